The third kappa shape index (κ3) is 4.04. The van der Waals surface area contributed by atoms with Gasteiger partial charge in [-0.25, -0.2) is 4.79 Å². The van der Waals surface area contributed by atoms with Crippen molar-refractivity contribution in [2.24, 2.45) is 5.92 Å². The van der Waals surface area contributed by atoms with Crippen LogP contribution in [0.5, 0.6) is 0 Å². The Hall–Kier alpha value is -1.39. The lowest BCUT2D eigenvalue weighted by Gasteiger charge is -2.15. The Labute approximate surface area is 113 Å². The van der Waals surface area contributed by atoms with E-state index in [0.29, 0.717) is 11.5 Å². The summed E-state index contributed by atoms with van der Waals surface area (Å²) in [5.41, 5.74) is 1.55. The fraction of sp³-hybridized carbons (Fsp3) is 0.533. The second-order valence-corrected chi connectivity index (χ2v) is 5.24. The van der Waals surface area contributed by atoms with Gasteiger partial charge in [0.2, 0.25) is 0 Å². The Morgan fingerprint density at radius 1 is 1.32 bits per heavy atom. The number of likely N-dealkylation sites (tertiary alicyclic amines) is 1. The summed E-state index contributed by atoms with van der Waals surface area (Å²) in [6.07, 6.45) is 3.04. The molecule has 0 aromatic heterocycles. The molecule has 1 atom stereocenters. The van der Waals surface area contributed by atoms with Gasteiger partial charge in [-0.3, -0.25) is 0 Å². The molecule has 1 heterocycles. The van der Waals surface area contributed by atoms with Gasteiger partial charge in [0.05, 0.1) is 5.56 Å². The van der Waals surface area contributed by atoms with Crippen molar-refractivity contribution in [3.63, 3.8) is 0 Å². The van der Waals surface area contributed by atoms with E-state index in [1.807, 2.05) is 12.1 Å². The average Bonchev–Trinajstić information content (AvgIpc) is 2.84. The van der Waals surface area contributed by atoms with Crippen LogP contribution in [0.15, 0.2) is 24.3 Å². The Balaban J connectivity index is 1.83. The second-order valence-electron chi connectivity index (χ2n) is 5.24. The Kier molecular flexibility index (Phi) is 4.93. The van der Waals surface area contributed by atoms with E-state index in [0.717, 1.165) is 32.5 Å². The molecule has 2 rings (SSSR count). The number of aromatic carboxylic acids is 1. The molecule has 19 heavy (non-hydrogen) atoms. The zero-order chi connectivity index (χ0) is 13.7. The molecule has 0 aliphatic carbocycles. The van der Waals surface area contributed by atoms with Gasteiger partial charge in [-0.1, -0.05) is 12.1 Å². The molecule has 0 bridgehead atoms. The molecule has 1 aromatic carbocycles. The molecular formula is C15H21NO3. The summed E-state index contributed by atoms with van der Waals surface area (Å²) in [5, 5.41) is 17.7. The smallest absolute Gasteiger partial charge is 0.335 e. The van der Waals surface area contributed by atoms with Crippen molar-refractivity contribution in [2.75, 3.05) is 26.2 Å². The number of nitrogens with zero attached hydrogens (tertiary/aromatic N) is 1. The summed E-state index contributed by atoms with van der Waals surface area (Å²) in [5.74, 6) is -0.225. The average molecular weight is 263 g/mol. The van der Waals surface area contributed by atoms with E-state index in [1.54, 1.807) is 12.1 Å². The quantitative estimate of drug-likeness (QED) is 0.819. The maximum absolute atomic E-state index is 10.8. The van der Waals surface area contributed by atoms with Crippen molar-refractivity contribution >= 4 is 5.97 Å². The zero-order valence-electron chi connectivity index (χ0n) is 11.1. The Morgan fingerprint density at radius 3 is 2.68 bits per heavy atom. The van der Waals surface area contributed by atoms with E-state index < -0.39 is 5.97 Å². The number of carboxylic acid groups (broad SMARTS) is 1. The first-order valence-corrected chi connectivity index (χ1v) is 6.84. The molecule has 0 spiro atoms. The maximum atomic E-state index is 10.8. The van der Waals surface area contributed by atoms with Gasteiger partial charge in [-0.15, -0.1) is 0 Å². The first-order valence-electron chi connectivity index (χ1n) is 6.84. The van der Waals surface area contributed by atoms with Crippen LogP contribution in [-0.2, 0) is 6.42 Å². The number of carboxylic acids is 1. The zero-order valence-corrected chi connectivity index (χ0v) is 11.1. The van der Waals surface area contributed by atoms with E-state index in [4.69, 9.17) is 10.2 Å². The minimum absolute atomic E-state index is 0.262. The highest BCUT2D eigenvalue weighted by Crippen LogP contribution is 2.21. The van der Waals surface area contributed by atoms with Crippen molar-refractivity contribution < 1.29 is 15.0 Å². The summed E-state index contributed by atoms with van der Waals surface area (Å²) in [4.78, 5) is 13.2. The van der Waals surface area contributed by atoms with Crippen LogP contribution in [-0.4, -0.2) is 47.3 Å². The fourth-order valence-corrected chi connectivity index (χ4v) is 2.69. The van der Waals surface area contributed by atoms with Crippen LogP contribution in [0.3, 0.4) is 0 Å². The number of rotatable bonds is 6. The SMILES string of the molecule is O=C(O)c1ccc(C[C@@H]2CCN(CCCO)C2)cc1. The van der Waals surface area contributed by atoms with E-state index in [2.05, 4.69) is 4.90 Å². The largest absolute Gasteiger partial charge is 0.478 e. The highest BCUT2D eigenvalue weighted by molar-refractivity contribution is 5.87. The predicted molar refractivity (Wildman–Crippen MR) is 73.4 cm³/mol. The number of aliphatic hydroxyl groups excluding tert-OH is 1. The number of benzene rings is 1. The lowest BCUT2D eigenvalue weighted by Crippen LogP contribution is -2.23. The van der Waals surface area contributed by atoms with Crippen LogP contribution in [0.1, 0.15) is 28.8 Å². The van der Waals surface area contributed by atoms with Gasteiger partial charge in [-0.2, -0.15) is 0 Å². The number of hydrogen-bond acceptors (Lipinski definition) is 3. The highest BCUT2D eigenvalue weighted by atomic mass is 16.4. The standard InChI is InChI=1S/C15H21NO3/c17-9-1-7-16-8-6-13(11-16)10-12-2-4-14(5-3-12)15(18)19/h2-5,13,17H,1,6-11H2,(H,18,19)/t13-/m0/s1. The molecule has 1 saturated heterocycles. The van der Waals surface area contributed by atoms with Gasteiger partial charge < -0.3 is 15.1 Å². The molecule has 4 nitrogen and oxygen atoms in total. The summed E-state index contributed by atoms with van der Waals surface area (Å²) in [7, 11) is 0. The molecule has 4 heteroatoms. The molecular weight excluding hydrogens is 242 g/mol. The number of aliphatic hydroxyl groups is 1. The monoisotopic (exact) mass is 263 g/mol. The Morgan fingerprint density at radius 2 is 2.05 bits per heavy atom. The molecule has 104 valence electrons. The molecule has 2 N–H and O–H groups in total. The van der Waals surface area contributed by atoms with Crippen molar-refractivity contribution in [1.29, 1.82) is 0 Å². The van der Waals surface area contributed by atoms with Gasteiger partial charge in [0.25, 0.3) is 0 Å². The number of carbonyl (C=O) groups is 1. The van der Waals surface area contributed by atoms with Gasteiger partial charge in [-0.05, 0) is 49.4 Å². The number of hydrogen-bond donors (Lipinski definition) is 2. The van der Waals surface area contributed by atoms with E-state index in [-0.39, 0.29) is 6.61 Å². The van der Waals surface area contributed by atoms with Gasteiger partial charge in [0.15, 0.2) is 0 Å². The lowest BCUT2D eigenvalue weighted by molar-refractivity contribution is 0.0697. The summed E-state index contributed by atoms with van der Waals surface area (Å²) < 4.78 is 0. The summed E-state index contributed by atoms with van der Waals surface area (Å²) in [6.45, 7) is 3.43. The first kappa shape index (κ1) is 14.0. The fourth-order valence-electron chi connectivity index (χ4n) is 2.69. The minimum atomic E-state index is -0.873. The third-order valence-corrected chi connectivity index (χ3v) is 3.73. The van der Waals surface area contributed by atoms with Crippen molar-refractivity contribution in [3.8, 4) is 0 Å². The third-order valence-electron chi connectivity index (χ3n) is 3.73. The molecule has 0 amide bonds. The van der Waals surface area contributed by atoms with E-state index >= 15 is 0 Å². The molecule has 1 aliphatic rings. The molecule has 0 saturated carbocycles. The maximum Gasteiger partial charge on any atom is 0.335 e. The minimum Gasteiger partial charge on any atom is -0.478 e. The van der Waals surface area contributed by atoms with Crippen LogP contribution in [0.25, 0.3) is 0 Å². The molecule has 0 radical (unpaired) electrons. The summed E-state index contributed by atoms with van der Waals surface area (Å²) >= 11 is 0. The van der Waals surface area contributed by atoms with Gasteiger partial charge in [0, 0.05) is 19.7 Å². The molecule has 1 aromatic rings. The van der Waals surface area contributed by atoms with E-state index in [9.17, 15) is 4.79 Å². The Bertz CT molecular complexity index is 416. The van der Waals surface area contributed by atoms with E-state index in [1.165, 1.54) is 12.0 Å². The molecule has 1 fully saturated rings. The lowest BCUT2D eigenvalue weighted by atomic mass is 9.98. The van der Waals surface area contributed by atoms with Crippen molar-refractivity contribution in [2.45, 2.75) is 19.3 Å². The van der Waals surface area contributed by atoms with Gasteiger partial charge in [0.1, 0.15) is 0 Å². The van der Waals surface area contributed by atoms with Crippen LogP contribution in [0.4, 0.5) is 0 Å². The predicted octanol–water partition coefficient (Wildman–Crippen LogP) is 1.63. The molecule has 0 unspecified atom stereocenters. The van der Waals surface area contributed by atoms with Crippen LogP contribution < -0.4 is 0 Å². The normalized spacial score (nSPS) is 19.7. The van der Waals surface area contributed by atoms with Crippen LogP contribution >= 0.6 is 0 Å². The topological polar surface area (TPSA) is 60.8 Å². The van der Waals surface area contributed by atoms with Crippen molar-refractivity contribution in [1.82, 2.24) is 4.90 Å². The first-order chi connectivity index (χ1) is 9.19. The van der Waals surface area contributed by atoms with Gasteiger partial charge >= 0.3 is 5.97 Å². The van der Waals surface area contributed by atoms with Crippen molar-refractivity contribution in [3.05, 3.63) is 35.4 Å². The summed E-state index contributed by atoms with van der Waals surface area (Å²) in [6, 6.07) is 7.19. The second kappa shape index (κ2) is 6.68. The highest BCUT2D eigenvalue weighted by Gasteiger charge is 2.22. The van der Waals surface area contributed by atoms with Crippen LogP contribution in [0, 0.1) is 5.92 Å². The molecule has 1 aliphatic heterocycles. The van der Waals surface area contributed by atoms with Crippen LogP contribution in [0.2, 0.25) is 0 Å².